The molecule has 0 spiro atoms. The summed E-state index contributed by atoms with van der Waals surface area (Å²) in [6.07, 6.45) is 1.78. The lowest BCUT2D eigenvalue weighted by Gasteiger charge is -2.33. The van der Waals surface area contributed by atoms with Crippen LogP contribution < -0.4 is 5.32 Å². The van der Waals surface area contributed by atoms with E-state index in [4.69, 9.17) is 23.2 Å². The normalized spacial score (nSPS) is 17.6. The van der Waals surface area contributed by atoms with Gasteiger partial charge < -0.3 is 10.4 Å². The molecule has 0 aliphatic carbocycles. The van der Waals surface area contributed by atoms with Crippen LogP contribution in [0.25, 0.3) is 0 Å². The van der Waals surface area contributed by atoms with Gasteiger partial charge in [-0.1, -0.05) is 29.3 Å². The van der Waals surface area contributed by atoms with Crippen molar-refractivity contribution in [2.75, 3.05) is 13.1 Å². The summed E-state index contributed by atoms with van der Waals surface area (Å²) in [7, 11) is 0. The Balaban J connectivity index is 0.00000180. The molecule has 1 aliphatic heterocycles. The van der Waals surface area contributed by atoms with Gasteiger partial charge in [-0.05, 0) is 50.0 Å². The van der Waals surface area contributed by atoms with Crippen LogP contribution in [0.15, 0.2) is 18.2 Å². The highest BCUT2D eigenvalue weighted by molar-refractivity contribution is 6.42. The van der Waals surface area contributed by atoms with E-state index in [9.17, 15) is 9.90 Å². The van der Waals surface area contributed by atoms with E-state index >= 15 is 0 Å². The van der Waals surface area contributed by atoms with Crippen molar-refractivity contribution in [1.29, 1.82) is 0 Å². The summed E-state index contributed by atoms with van der Waals surface area (Å²) in [4.78, 5) is 11.5. The van der Waals surface area contributed by atoms with Gasteiger partial charge in [-0.15, -0.1) is 12.4 Å². The highest BCUT2D eigenvalue weighted by Gasteiger charge is 2.39. The third-order valence-corrected chi connectivity index (χ3v) is 4.28. The molecule has 0 aromatic heterocycles. The van der Waals surface area contributed by atoms with Crippen molar-refractivity contribution in [3.05, 3.63) is 33.8 Å². The zero-order valence-electron chi connectivity index (χ0n) is 10.3. The van der Waals surface area contributed by atoms with Crippen molar-refractivity contribution in [1.82, 2.24) is 5.32 Å². The van der Waals surface area contributed by atoms with Crippen LogP contribution >= 0.6 is 35.6 Å². The maximum absolute atomic E-state index is 11.5. The molecule has 0 atom stereocenters. The Hall–Kier alpha value is -0.480. The summed E-state index contributed by atoms with van der Waals surface area (Å²) < 4.78 is 0. The number of halogens is 3. The minimum Gasteiger partial charge on any atom is -0.481 e. The number of hydrogen-bond acceptors (Lipinski definition) is 2. The Kier molecular flexibility index (Phi) is 5.93. The summed E-state index contributed by atoms with van der Waals surface area (Å²) in [6, 6.07) is 5.33. The second kappa shape index (κ2) is 6.80. The van der Waals surface area contributed by atoms with Crippen molar-refractivity contribution in [3.63, 3.8) is 0 Å². The molecule has 19 heavy (non-hydrogen) atoms. The predicted molar refractivity (Wildman–Crippen MR) is 79.6 cm³/mol. The Morgan fingerprint density at radius 3 is 2.42 bits per heavy atom. The average molecular weight is 325 g/mol. The molecule has 1 aromatic rings. The lowest BCUT2D eigenvalue weighted by molar-refractivity contribution is -0.150. The molecule has 2 N–H and O–H groups in total. The van der Waals surface area contributed by atoms with E-state index in [2.05, 4.69) is 5.32 Å². The van der Waals surface area contributed by atoms with Crippen molar-refractivity contribution in [3.8, 4) is 0 Å². The molecular weight excluding hydrogens is 309 g/mol. The van der Waals surface area contributed by atoms with Crippen molar-refractivity contribution < 1.29 is 9.90 Å². The number of rotatable bonds is 3. The number of benzene rings is 1. The van der Waals surface area contributed by atoms with E-state index in [1.54, 1.807) is 12.1 Å². The van der Waals surface area contributed by atoms with Crippen molar-refractivity contribution in [2.24, 2.45) is 5.41 Å². The minimum atomic E-state index is -0.727. The molecule has 6 heteroatoms. The molecule has 0 amide bonds. The number of carboxylic acids is 1. The SMILES string of the molecule is Cl.O=C(O)C1(Cc2ccc(Cl)c(Cl)c2)CCNCC1. The maximum Gasteiger partial charge on any atom is 0.310 e. The van der Waals surface area contributed by atoms with Gasteiger partial charge in [0.1, 0.15) is 0 Å². The lowest BCUT2D eigenvalue weighted by Crippen LogP contribution is -2.43. The van der Waals surface area contributed by atoms with Gasteiger partial charge in [0, 0.05) is 0 Å². The number of hydrogen-bond donors (Lipinski definition) is 2. The largest absolute Gasteiger partial charge is 0.481 e. The number of nitrogens with one attached hydrogen (secondary N) is 1. The van der Waals surface area contributed by atoms with E-state index in [1.807, 2.05) is 6.07 Å². The molecule has 1 fully saturated rings. The predicted octanol–water partition coefficient (Wildman–Crippen LogP) is 3.41. The zero-order chi connectivity index (χ0) is 13.2. The molecular formula is C13H16Cl3NO2. The first-order chi connectivity index (χ1) is 8.53. The minimum absolute atomic E-state index is 0. The van der Waals surface area contributed by atoms with Gasteiger partial charge in [-0.25, -0.2) is 0 Å². The Bertz CT molecular complexity index is 459. The first kappa shape index (κ1) is 16.6. The Labute approximate surface area is 128 Å². The molecule has 2 rings (SSSR count). The molecule has 1 heterocycles. The first-order valence-corrected chi connectivity index (χ1v) is 6.67. The summed E-state index contributed by atoms with van der Waals surface area (Å²) in [5, 5.41) is 13.6. The summed E-state index contributed by atoms with van der Waals surface area (Å²) in [5.74, 6) is -0.727. The van der Waals surface area contributed by atoms with Gasteiger partial charge in [0.2, 0.25) is 0 Å². The van der Waals surface area contributed by atoms with E-state index in [1.165, 1.54) is 0 Å². The zero-order valence-corrected chi connectivity index (χ0v) is 12.6. The Morgan fingerprint density at radius 1 is 1.26 bits per heavy atom. The van der Waals surface area contributed by atoms with Crippen LogP contribution in [0, 0.1) is 5.41 Å². The van der Waals surface area contributed by atoms with Crippen LogP contribution in [0.3, 0.4) is 0 Å². The maximum atomic E-state index is 11.5. The Morgan fingerprint density at radius 2 is 1.89 bits per heavy atom. The summed E-state index contributed by atoms with van der Waals surface area (Å²) in [6.45, 7) is 1.49. The van der Waals surface area contributed by atoms with Crippen LogP contribution in [-0.2, 0) is 11.2 Å². The van der Waals surface area contributed by atoms with Gasteiger partial charge in [0.05, 0.1) is 15.5 Å². The fraction of sp³-hybridized carbons (Fsp3) is 0.462. The van der Waals surface area contributed by atoms with E-state index in [-0.39, 0.29) is 12.4 Å². The van der Waals surface area contributed by atoms with Crippen LogP contribution in [0.2, 0.25) is 10.0 Å². The average Bonchev–Trinajstić information content (AvgIpc) is 2.35. The lowest BCUT2D eigenvalue weighted by atomic mass is 9.74. The molecule has 3 nitrogen and oxygen atoms in total. The van der Waals surface area contributed by atoms with Gasteiger partial charge in [-0.3, -0.25) is 4.79 Å². The second-order valence-electron chi connectivity index (χ2n) is 4.76. The van der Waals surface area contributed by atoms with E-state index < -0.39 is 11.4 Å². The fourth-order valence-corrected chi connectivity index (χ4v) is 2.73. The van der Waals surface area contributed by atoms with Crippen LogP contribution in [0.4, 0.5) is 0 Å². The second-order valence-corrected chi connectivity index (χ2v) is 5.58. The molecule has 0 bridgehead atoms. The number of piperidine rings is 1. The standard InChI is InChI=1S/C13H15Cl2NO2.ClH/c14-10-2-1-9(7-11(10)15)8-13(12(17)18)3-5-16-6-4-13;/h1-2,7,16H,3-6,8H2,(H,17,18);1H. The van der Waals surface area contributed by atoms with E-state index in [0.29, 0.717) is 29.3 Å². The number of carbonyl (C=O) groups is 1. The third kappa shape index (κ3) is 3.76. The first-order valence-electron chi connectivity index (χ1n) is 5.92. The number of carboxylic acid groups (broad SMARTS) is 1. The van der Waals surface area contributed by atoms with Crippen LogP contribution in [-0.4, -0.2) is 24.2 Å². The van der Waals surface area contributed by atoms with Gasteiger partial charge in [0.25, 0.3) is 0 Å². The molecule has 0 radical (unpaired) electrons. The van der Waals surface area contributed by atoms with Crippen LogP contribution in [0.1, 0.15) is 18.4 Å². The van der Waals surface area contributed by atoms with Gasteiger partial charge >= 0.3 is 5.97 Å². The van der Waals surface area contributed by atoms with E-state index in [0.717, 1.165) is 18.7 Å². The quantitative estimate of drug-likeness (QED) is 0.896. The molecule has 0 unspecified atom stereocenters. The monoisotopic (exact) mass is 323 g/mol. The molecule has 1 aromatic carbocycles. The fourth-order valence-electron chi connectivity index (χ4n) is 2.41. The van der Waals surface area contributed by atoms with Crippen molar-refractivity contribution >= 4 is 41.6 Å². The molecule has 1 saturated heterocycles. The highest BCUT2D eigenvalue weighted by atomic mass is 35.5. The van der Waals surface area contributed by atoms with Gasteiger partial charge in [0.15, 0.2) is 0 Å². The highest BCUT2D eigenvalue weighted by Crippen LogP contribution is 2.34. The summed E-state index contributed by atoms with van der Waals surface area (Å²) >= 11 is 11.8. The molecule has 106 valence electrons. The van der Waals surface area contributed by atoms with Crippen LogP contribution in [0.5, 0.6) is 0 Å². The third-order valence-electron chi connectivity index (χ3n) is 3.54. The summed E-state index contributed by atoms with van der Waals surface area (Å²) in [5.41, 5.74) is 0.247. The van der Waals surface area contributed by atoms with Gasteiger partial charge in [-0.2, -0.15) is 0 Å². The molecule has 1 aliphatic rings. The molecule has 0 saturated carbocycles. The van der Waals surface area contributed by atoms with Crippen molar-refractivity contribution in [2.45, 2.75) is 19.3 Å². The smallest absolute Gasteiger partial charge is 0.310 e. The number of aliphatic carboxylic acids is 1. The topological polar surface area (TPSA) is 49.3 Å².